The van der Waals surface area contributed by atoms with Gasteiger partial charge in [0.1, 0.15) is 6.04 Å². The Morgan fingerprint density at radius 1 is 1.22 bits per heavy atom. The zero-order valence-corrected chi connectivity index (χ0v) is 12.7. The number of esters is 1. The number of hydrogen-bond acceptors (Lipinski definition) is 4. The van der Waals surface area contributed by atoms with Gasteiger partial charge in [-0.1, -0.05) is 20.8 Å². The van der Waals surface area contributed by atoms with Gasteiger partial charge in [-0.05, 0) is 39.8 Å². The van der Waals surface area contributed by atoms with Crippen LogP contribution in [0.4, 0.5) is 0 Å². The Bertz CT molecular complexity index is 218. The standard InChI is InChI=1S/C14H30N2O2/c1-6-10-15-13(14(17)18-9-4)11-16(5)12(7-2)8-3/h12-13,15H,6-11H2,1-5H3. The first-order valence-corrected chi connectivity index (χ1v) is 7.20. The van der Waals surface area contributed by atoms with Crippen LogP contribution in [0.3, 0.4) is 0 Å². The second-order valence-corrected chi connectivity index (χ2v) is 4.67. The lowest BCUT2D eigenvalue weighted by Crippen LogP contribution is -2.48. The van der Waals surface area contributed by atoms with Gasteiger partial charge < -0.3 is 15.0 Å². The van der Waals surface area contributed by atoms with Crippen molar-refractivity contribution in [3.05, 3.63) is 0 Å². The van der Waals surface area contributed by atoms with Crippen molar-refractivity contribution in [3.63, 3.8) is 0 Å². The molecule has 0 fully saturated rings. The number of likely N-dealkylation sites (N-methyl/N-ethyl adjacent to an activating group) is 1. The molecule has 0 radical (unpaired) electrons. The van der Waals surface area contributed by atoms with Crippen LogP contribution >= 0.6 is 0 Å². The van der Waals surface area contributed by atoms with Gasteiger partial charge in [-0.3, -0.25) is 4.79 Å². The van der Waals surface area contributed by atoms with Crippen molar-refractivity contribution in [2.45, 2.75) is 59.0 Å². The average molecular weight is 258 g/mol. The number of nitrogens with one attached hydrogen (secondary N) is 1. The third-order valence-corrected chi connectivity index (χ3v) is 3.25. The first-order valence-electron chi connectivity index (χ1n) is 7.20. The minimum absolute atomic E-state index is 0.135. The number of ether oxygens (including phenoxy) is 1. The Hall–Kier alpha value is -0.610. The van der Waals surface area contributed by atoms with Gasteiger partial charge in [-0.15, -0.1) is 0 Å². The second kappa shape index (κ2) is 10.3. The largest absolute Gasteiger partial charge is 0.465 e. The van der Waals surface area contributed by atoms with Crippen molar-refractivity contribution in [3.8, 4) is 0 Å². The molecule has 4 nitrogen and oxygen atoms in total. The molecule has 108 valence electrons. The molecular formula is C14H30N2O2. The van der Waals surface area contributed by atoms with Crippen molar-refractivity contribution < 1.29 is 9.53 Å². The van der Waals surface area contributed by atoms with E-state index in [1.165, 1.54) is 0 Å². The average Bonchev–Trinajstić information content (AvgIpc) is 2.36. The molecule has 1 unspecified atom stereocenters. The van der Waals surface area contributed by atoms with E-state index in [0.717, 1.165) is 25.8 Å². The van der Waals surface area contributed by atoms with Crippen LogP contribution in [0.5, 0.6) is 0 Å². The van der Waals surface area contributed by atoms with Gasteiger partial charge in [0.05, 0.1) is 6.61 Å². The summed E-state index contributed by atoms with van der Waals surface area (Å²) in [5.74, 6) is -0.135. The maximum atomic E-state index is 11.9. The third-order valence-electron chi connectivity index (χ3n) is 3.25. The van der Waals surface area contributed by atoms with Crippen molar-refractivity contribution in [2.24, 2.45) is 0 Å². The summed E-state index contributed by atoms with van der Waals surface area (Å²) in [6, 6.07) is 0.320. The zero-order valence-electron chi connectivity index (χ0n) is 12.7. The minimum atomic E-state index is -0.213. The van der Waals surface area contributed by atoms with Crippen LogP contribution in [-0.2, 0) is 9.53 Å². The topological polar surface area (TPSA) is 41.6 Å². The van der Waals surface area contributed by atoms with Crippen molar-refractivity contribution >= 4 is 5.97 Å². The minimum Gasteiger partial charge on any atom is -0.465 e. The molecular weight excluding hydrogens is 228 g/mol. The molecule has 0 bridgehead atoms. The Kier molecular flexibility index (Phi) is 9.98. The summed E-state index contributed by atoms with van der Waals surface area (Å²) in [6.45, 7) is 10.3. The van der Waals surface area contributed by atoms with Gasteiger partial charge in [-0.25, -0.2) is 0 Å². The second-order valence-electron chi connectivity index (χ2n) is 4.67. The quantitative estimate of drug-likeness (QED) is 0.609. The van der Waals surface area contributed by atoms with Crippen molar-refractivity contribution in [2.75, 3.05) is 26.7 Å². The van der Waals surface area contributed by atoms with Gasteiger partial charge in [0.25, 0.3) is 0 Å². The Morgan fingerprint density at radius 2 is 1.83 bits per heavy atom. The van der Waals surface area contributed by atoms with Crippen molar-refractivity contribution in [1.82, 2.24) is 10.2 Å². The van der Waals surface area contributed by atoms with Crippen LogP contribution in [0.25, 0.3) is 0 Å². The molecule has 1 N–H and O–H groups in total. The number of carbonyl (C=O) groups excluding carboxylic acids is 1. The van der Waals surface area contributed by atoms with Crippen LogP contribution < -0.4 is 5.32 Å². The lowest BCUT2D eigenvalue weighted by molar-refractivity contribution is -0.146. The summed E-state index contributed by atoms with van der Waals surface area (Å²) in [5, 5.41) is 3.27. The molecule has 0 rings (SSSR count). The molecule has 0 spiro atoms. The number of hydrogen-bond donors (Lipinski definition) is 1. The number of nitrogens with zero attached hydrogens (tertiary/aromatic N) is 1. The molecule has 0 aromatic rings. The van der Waals surface area contributed by atoms with Crippen LogP contribution in [0, 0.1) is 0 Å². The molecule has 0 aliphatic carbocycles. The van der Waals surface area contributed by atoms with Gasteiger partial charge in [0.2, 0.25) is 0 Å². The summed E-state index contributed by atoms with van der Waals surface area (Å²) >= 11 is 0. The normalized spacial score (nSPS) is 13.1. The molecule has 0 aliphatic rings. The summed E-state index contributed by atoms with van der Waals surface area (Å²) < 4.78 is 5.12. The Balaban J connectivity index is 4.41. The Morgan fingerprint density at radius 3 is 2.28 bits per heavy atom. The fourth-order valence-corrected chi connectivity index (χ4v) is 2.13. The summed E-state index contributed by atoms with van der Waals surface area (Å²) in [7, 11) is 2.08. The van der Waals surface area contributed by atoms with E-state index >= 15 is 0 Å². The predicted octanol–water partition coefficient (Wildman–Crippen LogP) is 2.04. The van der Waals surface area contributed by atoms with E-state index in [-0.39, 0.29) is 12.0 Å². The summed E-state index contributed by atoms with van der Waals surface area (Å²) in [4.78, 5) is 14.1. The number of carbonyl (C=O) groups is 1. The Labute approximate surface area is 112 Å². The molecule has 0 saturated carbocycles. The highest BCUT2D eigenvalue weighted by atomic mass is 16.5. The maximum Gasteiger partial charge on any atom is 0.324 e. The van der Waals surface area contributed by atoms with E-state index in [9.17, 15) is 4.79 Å². The smallest absolute Gasteiger partial charge is 0.324 e. The third kappa shape index (κ3) is 6.36. The van der Waals surface area contributed by atoms with Crippen LogP contribution in [0.2, 0.25) is 0 Å². The maximum absolute atomic E-state index is 11.9. The summed E-state index contributed by atoms with van der Waals surface area (Å²) in [5.41, 5.74) is 0. The molecule has 4 heteroatoms. The van der Waals surface area contributed by atoms with Crippen LogP contribution in [0.15, 0.2) is 0 Å². The lowest BCUT2D eigenvalue weighted by atomic mass is 10.1. The zero-order chi connectivity index (χ0) is 14.0. The molecule has 0 aromatic heterocycles. The molecule has 0 aromatic carbocycles. The molecule has 0 amide bonds. The highest BCUT2D eigenvalue weighted by molar-refractivity contribution is 5.76. The highest BCUT2D eigenvalue weighted by Gasteiger charge is 2.23. The predicted molar refractivity (Wildman–Crippen MR) is 75.7 cm³/mol. The van der Waals surface area contributed by atoms with Gasteiger partial charge in [0.15, 0.2) is 0 Å². The van der Waals surface area contributed by atoms with Gasteiger partial charge >= 0.3 is 5.97 Å². The SMILES string of the molecule is CCCNC(CN(C)C(CC)CC)C(=O)OCC. The first kappa shape index (κ1) is 17.4. The van der Waals surface area contributed by atoms with E-state index in [2.05, 4.69) is 38.0 Å². The lowest BCUT2D eigenvalue weighted by Gasteiger charge is -2.29. The van der Waals surface area contributed by atoms with Crippen LogP contribution in [-0.4, -0.2) is 49.7 Å². The highest BCUT2D eigenvalue weighted by Crippen LogP contribution is 2.07. The molecule has 1 atom stereocenters. The molecule has 18 heavy (non-hydrogen) atoms. The van der Waals surface area contributed by atoms with E-state index in [4.69, 9.17) is 4.74 Å². The summed E-state index contributed by atoms with van der Waals surface area (Å²) in [6.07, 6.45) is 3.23. The fraction of sp³-hybridized carbons (Fsp3) is 0.929. The van der Waals surface area contributed by atoms with E-state index in [0.29, 0.717) is 19.2 Å². The van der Waals surface area contributed by atoms with E-state index in [1.54, 1.807) is 0 Å². The monoisotopic (exact) mass is 258 g/mol. The van der Waals surface area contributed by atoms with Crippen LogP contribution in [0.1, 0.15) is 47.0 Å². The molecule has 0 heterocycles. The fourth-order valence-electron chi connectivity index (χ4n) is 2.13. The van der Waals surface area contributed by atoms with E-state index < -0.39 is 0 Å². The van der Waals surface area contributed by atoms with Gasteiger partial charge in [0, 0.05) is 12.6 Å². The van der Waals surface area contributed by atoms with E-state index in [1.807, 2.05) is 6.92 Å². The molecule has 0 saturated heterocycles. The number of rotatable bonds is 10. The molecule has 0 aliphatic heterocycles. The first-order chi connectivity index (χ1) is 8.60. The van der Waals surface area contributed by atoms with Crippen molar-refractivity contribution in [1.29, 1.82) is 0 Å². The van der Waals surface area contributed by atoms with Gasteiger partial charge in [-0.2, -0.15) is 0 Å².